The van der Waals surface area contributed by atoms with Crippen LogP contribution in [0, 0.1) is 5.82 Å². The van der Waals surface area contributed by atoms with Gasteiger partial charge in [0.1, 0.15) is 18.4 Å². The van der Waals surface area contributed by atoms with Gasteiger partial charge in [-0.2, -0.15) is 0 Å². The highest BCUT2D eigenvalue weighted by Gasteiger charge is 2.31. The molecule has 0 aliphatic rings. The monoisotopic (exact) mass is 505 g/mol. The molecule has 8 nitrogen and oxygen atoms in total. The molecule has 2 amide bonds. The molecule has 35 heavy (non-hydrogen) atoms. The van der Waals surface area contributed by atoms with Crippen molar-refractivity contribution >= 4 is 33.3 Å². The molecule has 0 aliphatic carbocycles. The standard InChI is InChI=1S/C25H32FN3O5S/c1-5-14-27-25(32)23(6-2)28(16-19-10-12-21(26)13-11-19)24(31)17-29(35(4,33)34)22-9-7-8-20(15-22)18(3)30/h7-13,15,23H,5-6,14,16-17H2,1-4H3,(H,27,32). The summed E-state index contributed by atoms with van der Waals surface area (Å²) in [6, 6.07) is 10.7. The summed E-state index contributed by atoms with van der Waals surface area (Å²) < 4.78 is 39.6. The fourth-order valence-electron chi connectivity index (χ4n) is 3.57. The molecule has 0 aliphatic heterocycles. The molecule has 0 aromatic heterocycles. The molecule has 0 heterocycles. The van der Waals surface area contributed by atoms with Crippen molar-refractivity contribution in [3.8, 4) is 0 Å². The Morgan fingerprint density at radius 2 is 1.71 bits per heavy atom. The molecule has 0 saturated heterocycles. The molecule has 1 unspecified atom stereocenters. The fourth-order valence-corrected chi connectivity index (χ4v) is 4.41. The second kappa shape index (κ2) is 12.4. The summed E-state index contributed by atoms with van der Waals surface area (Å²) in [5, 5.41) is 2.79. The number of nitrogens with one attached hydrogen (secondary N) is 1. The first-order valence-electron chi connectivity index (χ1n) is 11.4. The molecule has 0 spiro atoms. The molecule has 2 aromatic carbocycles. The van der Waals surface area contributed by atoms with E-state index in [1.165, 1.54) is 54.3 Å². The van der Waals surface area contributed by atoms with Crippen LogP contribution in [0.4, 0.5) is 10.1 Å². The van der Waals surface area contributed by atoms with Crippen LogP contribution in [-0.2, 0) is 26.2 Å². The van der Waals surface area contributed by atoms with Gasteiger partial charge in [-0.25, -0.2) is 12.8 Å². The maximum Gasteiger partial charge on any atom is 0.244 e. The van der Waals surface area contributed by atoms with Crippen LogP contribution in [0.25, 0.3) is 0 Å². The van der Waals surface area contributed by atoms with E-state index in [1.807, 2.05) is 6.92 Å². The Balaban J connectivity index is 2.45. The molecule has 1 N–H and O–H groups in total. The fraction of sp³-hybridized carbons (Fsp3) is 0.400. The van der Waals surface area contributed by atoms with Crippen molar-refractivity contribution in [1.82, 2.24) is 10.2 Å². The lowest BCUT2D eigenvalue weighted by Crippen LogP contribution is -2.52. The van der Waals surface area contributed by atoms with Crippen LogP contribution in [0.2, 0.25) is 0 Å². The van der Waals surface area contributed by atoms with Crippen LogP contribution in [0.15, 0.2) is 48.5 Å². The van der Waals surface area contributed by atoms with Crippen LogP contribution < -0.4 is 9.62 Å². The zero-order chi connectivity index (χ0) is 26.2. The number of amides is 2. The van der Waals surface area contributed by atoms with E-state index in [-0.39, 0.29) is 23.9 Å². The van der Waals surface area contributed by atoms with Crippen LogP contribution in [0.1, 0.15) is 49.5 Å². The number of anilines is 1. The summed E-state index contributed by atoms with van der Waals surface area (Å²) in [6.07, 6.45) is 1.97. The summed E-state index contributed by atoms with van der Waals surface area (Å²) in [5.41, 5.74) is 1.06. The smallest absolute Gasteiger partial charge is 0.244 e. The molecule has 10 heteroatoms. The minimum atomic E-state index is -3.91. The predicted molar refractivity (Wildman–Crippen MR) is 133 cm³/mol. The number of Topliss-reactive ketones (excluding diaryl/α,β-unsaturated/α-hetero) is 1. The Kier molecular flexibility index (Phi) is 9.94. The van der Waals surface area contributed by atoms with Gasteiger partial charge >= 0.3 is 0 Å². The van der Waals surface area contributed by atoms with Gasteiger partial charge in [-0.3, -0.25) is 18.7 Å². The number of carbonyl (C=O) groups excluding carboxylic acids is 3. The normalized spacial score (nSPS) is 12.0. The van der Waals surface area contributed by atoms with Gasteiger partial charge in [0.2, 0.25) is 21.8 Å². The number of benzene rings is 2. The molecule has 0 fully saturated rings. The first-order valence-corrected chi connectivity index (χ1v) is 13.2. The summed E-state index contributed by atoms with van der Waals surface area (Å²) in [7, 11) is -3.91. The minimum absolute atomic E-state index is 0.0117. The molecule has 2 rings (SSSR count). The van der Waals surface area contributed by atoms with E-state index in [9.17, 15) is 27.2 Å². The molecular weight excluding hydrogens is 473 g/mol. The Hall–Kier alpha value is -3.27. The summed E-state index contributed by atoms with van der Waals surface area (Å²) in [4.78, 5) is 39.5. The molecular formula is C25H32FN3O5S. The number of rotatable bonds is 12. The predicted octanol–water partition coefficient (Wildman–Crippen LogP) is 3.13. The number of ketones is 1. The number of hydrogen-bond donors (Lipinski definition) is 1. The van der Waals surface area contributed by atoms with Gasteiger partial charge < -0.3 is 10.2 Å². The van der Waals surface area contributed by atoms with Crippen molar-refractivity contribution < 1.29 is 27.2 Å². The van der Waals surface area contributed by atoms with E-state index in [0.29, 0.717) is 30.5 Å². The lowest BCUT2D eigenvalue weighted by molar-refractivity contribution is -0.140. The highest BCUT2D eigenvalue weighted by Crippen LogP contribution is 2.21. The van der Waals surface area contributed by atoms with Crippen LogP contribution >= 0.6 is 0 Å². The maximum absolute atomic E-state index is 13.5. The quantitative estimate of drug-likeness (QED) is 0.447. The SMILES string of the molecule is CCCNC(=O)C(CC)N(Cc1ccc(F)cc1)C(=O)CN(c1cccc(C(C)=O)c1)S(C)(=O)=O. The van der Waals surface area contributed by atoms with Crippen molar-refractivity contribution in [3.63, 3.8) is 0 Å². The molecule has 1 atom stereocenters. The average molecular weight is 506 g/mol. The van der Waals surface area contributed by atoms with Crippen molar-refractivity contribution in [2.75, 3.05) is 23.7 Å². The largest absolute Gasteiger partial charge is 0.354 e. The van der Waals surface area contributed by atoms with Crippen molar-refractivity contribution in [3.05, 3.63) is 65.5 Å². The number of nitrogens with zero attached hydrogens (tertiary/aromatic N) is 2. The molecule has 0 saturated carbocycles. The van der Waals surface area contributed by atoms with Crippen molar-refractivity contribution in [2.24, 2.45) is 0 Å². The molecule has 2 aromatic rings. The topological polar surface area (TPSA) is 104 Å². The number of sulfonamides is 1. The zero-order valence-corrected chi connectivity index (χ0v) is 21.3. The Bertz CT molecular complexity index is 1150. The van der Waals surface area contributed by atoms with Crippen LogP contribution in [-0.4, -0.2) is 56.3 Å². The van der Waals surface area contributed by atoms with Crippen LogP contribution in [0.5, 0.6) is 0 Å². The number of hydrogen-bond acceptors (Lipinski definition) is 5. The van der Waals surface area contributed by atoms with E-state index < -0.39 is 34.3 Å². The lowest BCUT2D eigenvalue weighted by atomic mass is 10.1. The van der Waals surface area contributed by atoms with Crippen LogP contribution in [0.3, 0.4) is 0 Å². The minimum Gasteiger partial charge on any atom is -0.354 e. The molecule has 0 radical (unpaired) electrons. The first kappa shape index (κ1) is 28.0. The zero-order valence-electron chi connectivity index (χ0n) is 20.5. The van der Waals surface area contributed by atoms with Crippen molar-refractivity contribution in [2.45, 2.75) is 46.2 Å². The van der Waals surface area contributed by atoms with Gasteiger partial charge in [0.25, 0.3) is 0 Å². The number of halogens is 1. The Morgan fingerprint density at radius 1 is 1.06 bits per heavy atom. The third-order valence-electron chi connectivity index (χ3n) is 5.42. The third-order valence-corrected chi connectivity index (χ3v) is 6.56. The maximum atomic E-state index is 13.5. The highest BCUT2D eigenvalue weighted by atomic mass is 32.2. The van der Waals surface area contributed by atoms with Gasteiger partial charge in [-0.1, -0.05) is 38.1 Å². The first-order chi connectivity index (χ1) is 16.5. The van der Waals surface area contributed by atoms with E-state index in [1.54, 1.807) is 13.0 Å². The highest BCUT2D eigenvalue weighted by molar-refractivity contribution is 7.92. The van der Waals surface area contributed by atoms with E-state index >= 15 is 0 Å². The van der Waals surface area contributed by atoms with Gasteiger partial charge in [0.15, 0.2) is 5.78 Å². The van der Waals surface area contributed by atoms with E-state index in [2.05, 4.69) is 5.32 Å². The third kappa shape index (κ3) is 7.88. The summed E-state index contributed by atoms with van der Waals surface area (Å²) >= 11 is 0. The van der Waals surface area contributed by atoms with E-state index in [4.69, 9.17) is 0 Å². The van der Waals surface area contributed by atoms with E-state index in [0.717, 1.165) is 10.6 Å². The molecule has 190 valence electrons. The van der Waals surface area contributed by atoms with Gasteiger partial charge in [0, 0.05) is 18.7 Å². The Labute approximate surface area is 206 Å². The average Bonchev–Trinajstić information content (AvgIpc) is 2.81. The number of carbonyl (C=O) groups is 3. The lowest BCUT2D eigenvalue weighted by Gasteiger charge is -2.33. The van der Waals surface area contributed by atoms with Gasteiger partial charge in [-0.05, 0) is 49.6 Å². The molecule has 0 bridgehead atoms. The second-order valence-electron chi connectivity index (χ2n) is 8.24. The Morgan fingerprint density at radius 3 is 2.26 bits per heavy atom. The van der Waals surface area contributed by atoms with Gasteiger partial charge in [-0.15, -0.1) is 0 Å². The summed E-state index contributed by atoms with van der Waals surface area (Å²) in [5.74, 6) is -1.64. The van der Waals surface area contributed by atoms with Gasteiger partial charge in [0.05, 0.1) is 11.9 Å². The second-order valence-corrected chi connectivity index (χ2v) is 10.1. The van der Waals surface area contributed by atoms with Crippen molar-refractivity contribution in [1.29, 1.82) is 0 Å². The summed E-state index contributed by atoms with van der Waals surface area (Å²) in [6.45, 7) is 4.87.